The minimum atomic E-state index is 0. The lowest BCUT2D eigenvalue weighted by molar-refractivity contribution is 0.419. The first-order valence-corrected chi connectivity index (χ1v) is 10.9. The summed E-state index contributed by atoms with van der Waals surface area (Å²) in [6, 6.07) is 0.604. The van der Waals surface area contributed by atoms with Crippen molar-refractivity contribution in [2.24, 2.45) is 4.99 Å². The highest BCUT2D eigenvalue weighted by atomic mass is 127. The highest BCUT2D eigenvalue weighted by Crippen LogP contribution is 2.28. The van der Waals surface area contributed by atoms with Crippen molar-refractivity contribution >= 4 is 53.5 Å². The molecule has 0 aromatic heterocycles. The molecule has 0 aromatic carbocycles. The first-order valence-electron chi connectivity index (χ1n) is 8.45. The fourth-order valence-electron chi connectivity index (χ4n) is 2.73. The summed E-state index contributed by atoms with van der Waals surface area (Å²) in [7, 11) is 0. The molecular formula is C16H34IN3S2. The van der Waals surface area contributed by atoms with Gasteiger partial charge in [0.15, 0.2) is 5.96 Å². The lowest BCUT2D eigenvalue weighted by Gasteiger charge is -2.30. The zero-order valence-corrected chi connectivity index (χ0v) is 18.4. The van der Waals surface area contributed by atoms with Gasteiger partial charge in [0.1, 0.15) is 0 Å². The Labute approximate surface area is 163 Å². The van der Waals surface area contributed by atoms with Crippen LogP contribution in [0.15, 0.2) is 4.99 Å². The molecule has 1 aliphatic rings. The predicted octanol–water partition coefficient (Wildman–Crippen LogP) is 4.37. The van der Waals surface area contributed by atoms with Crippen LogP contribution >= 0.6 is 47.5 Å². The molecule has 0 bridgehead atoms. The molecule has 2 unspecified atom stereocenters. The Morgan fingerprint density at radius 2 is 2.05 bits per heavy atom. The number of hydrogen-bond donors (Lipinski definition) is 2. The molecule has 0 saturated heterocycles. The summed E-state index contributed by atoms with van der Waals surface area (Å²) < 4.78 is 0. The SMILES string of the molecule is CCNC(=NCCCCSC)NC1CCCC(SCC)C1.I. The molecular weight excluding hydrogens is 425 g/mol. The van der Waals surface area contributed by atoms with Gasteiger partial charge in [0.2, 0.25) is 0 Å². The number of nitrogens with one attached hydrogen (secondary N) is 2. The van der Waals surface area contributed by atoms with E-state index in [0.717, 1.165) is 24.3 Å². The van der Waals surface area contributed by atoms with Crippen molar-refractivity contribution < 1.29 is 0 Å². The second kappa shape index (κ2) is 15.2. The Bertz CT molecular complexity index is 289. The monoisotopic (exact) mass is 459 g/mol. The third-order valence-corrected chi connectivity index (χ3v) is 5.67. The van der Waals surface area contributed by atoms with Crippen molar-refractivity contribution in [3.63, 3.8) is 0 Å². The van der Waals surface area contributed by atoms with Crippen molar-refractivity contribution in [1.82, 2.24) is 10.6 Å². The minimum absolute atomic E-state index is 0. The zero-order valence-electron chi connectivity index (χ0n) is 14.4. The number of nitrogens with zero attached hydrogens (tertiary/aromatic N) is 1. The largest absolute Gasteiger partial charge is 0.357 e. The van der Waals surface area contributed by atoms with E-state index >= 15 is 0 Å². The van der Waals surface area contributed by atoms with Gasteiger partial charge in [0.25, 0.3) is 0 Å². The van der Waals surface area contributed by atoms with Crippen LogP contribution < -0.4 is 10.6 Å². The summed E-state index contributed by atoms with van der Waals surface area (Å²) >= 11 is 4.04. The number of unbranched alkanes of at least 4 members (excludes halogenated alkanes) is 1. The summed E-state index contributed by atoms with van der Waals surface area (Å²) in [6.45, 7) is 6.29. The normalized spacial score (nSPS) is 22.0. The van der Waals surface area contributed by atoms with Gasteiger partial charge in [-0.25, -0.2) is 0 Å². The smallest absolute Gasteiger partial charge is 0.191 e. The summed E-state index contributed by atoms with van der Waals surface area (Å²) in [5.74, 6) is 3.51. The maximum absolute atomic E-state index is 4.73. The van der Waals surface area contributed by atoms with Gasteiger partial charge in [0, 0.05) is 24.4 Å². The number of hydrogen-bond acceptors (Lipinski definition) is 3. The molecule has 1 rings (SSSR count). The molecule has 0 aliphatic heterocycles. The summed E-state index contributed by atoms with van der Waals surface area (Å²) in [5.41, 5.74) is 0. The third kappa shape index (κ3) is 10.5. The van der Waals surface area contributed by atoms with Gasteiger partial charge < -0.3 is 10.6 Å². The lowest BCUT2D eigenvalue weighted by atomic mass is 9.95. The lowest BCUT2D eigenvalue weighted by Crippen LogP contribution is -2.45. The summed E-state index contributed by atoms with van der Waals surface area (Å²) in [4.78, 5) is 4.73. The highest BCUT2D eigenvalue weighted by molar-refractivity contribution is 14.0. The molecule has 0 radical (unpaired) electrons. The quantitative estimate of drug-likeness (QED) is 0.232. The Morgan fingerprint density at radius 1 is 1.23 bits per heavy atom. The van der Waals surface area contributed by atoms with Crippen molar-refractivity contribution in [2.45, 2.75) is 63.7 Å². The number of aliphatic imine (C=N–C) groups is 1. The number of thioether (sulfide) groups is 2. The van der Waals surface area contributed by atoms with E-state index < -0.39 is 0 Å². The Balaban J connectivity index is 0.00000441. The van der Waals surface area contributed by atoms with Gasteiger partial charge >= 0.3 is 0 Å². The van der Waals surface area contributed by atoms with Crippen LogP contribution in [-0.4, -0.2) is 48.1 Å². The first kappa shape index (κ1) is 22.7. The summed E-state index contributed by atoms with van der Waals surface area (Å²) in [6.07, 6.45) is 9.94. The van der Waals surface area contributed by atoms with E-state index in [0.29, 0.717) is 6.04 Å². The van der Waals surface area contributed by atoms with Crippen LogP contribution in [0.3, 0.4) is 0 Å². The predicted molar refractivity (Wildman–Crippen MR) is 116 cm³/mol. The number of guanidine groups is 1. The van der Waals surface area contributed by atoms with Gasteiger partial charge in [0.05, 0.1) is 0 Å². The molecule has 22 heavy (non-hydrogen) atoms. The standard InChI is InChI=1S/C16H33N3S2.HI/c1-4-17-16(18-11-6-7-12-20-3)19-14-9-8-10-15(13-14)21-5-2;/h14-15H,4-13H2,1-3H3,(H2,17,18,19);1H. The molecule has 1 aliphatic carbocycles. The molecule has 2 N–H and O–H groups in total. The third-order valence-electron chi connectivity index (χ3n) is 3.74. The Morgan fingerprint density at radius 3 is 2.73 bits per heavy atom. The maximum Gasteiger partial charge on any atom is 0.191 e. The van der Waals surface area contributed by atoms with Crippen molar-refractivity contribution in [3.05, 3.63) is 0 Å². The minimum Gasteiger partial charge on any atom is -0.357 e. The van der Waals surface area contributed by atoms with E-state index in [-0.39, 0.29) is 24.0 Å². The molecule has 0 aromatic rings. The van der Waals surface area contributed by atoms with E-state index in [1.807, 2.05) is 11.8 Å². The molecule has 0 heterocycles. The van der Waals surface area contributed by atoms with Crippen molar-refractivity contribution in [2.75, 3.05) is 30.9 Å². The molecule has 6 heteroatoms. The van der Waals surface area contributed by atoms with Crippen LogP contribution in [-0.2, 0) is 0 Å². The van der Waals surface area contributed by atoms with E-state index in [4.69, 9.17) is 4.99 Å². The molecule has 1 fully saturated rings. The second-order valence-corrected chi connectivity index (χ2v) is 8.11. The first-order chi connectivity index (χ1) is 10.3. The maximum atomic E-state index is 4.73. The summed E-state index contributed by atoms with van der Waals surface area (Å²) in [5, 5.41) is 7.89. The molecule has 0 amide bonds. The van der Waals surface area contributed by atoms with E-state index in [2.05, 4.69) is 42.5 Å². The molecule has 132 valence electrons. The van der Waals surface area contributed by atoms with E-state index in [9.17, 15) is 0 Å². The van der Waals surface area contributed by atoms with Crippen LogP contribution in [0, 0.1) is 0 Å². The van der Waals surface area contributed by atoms with Crippen LogP contribution in [0.2, 0.25) is 0 Å². The van der Waals surface area contributed by atoms with Gasteiger partial charge in [-0.15, -0.1) is 24.0 Å². The van der Waals surface area contributed by atoms with Gasteiger partial charge in [-0.1, -0.05) is 13.3 Å². The molecule has 0 spiro atoms. The van der Waals surface area contributed by atoms with Gasteiger partial charge in [-0.3, -0.25) is 4.99 Å². The fourth-order valence-corrected chi connectivity index (χ4v) is 4.39. The fraction of sp³-hybridized carbons (Fsp3) is 0.938. The van der Waals surface area contributed by atoms with E-state index in [1.54, 1.807) is 0 Å². The zero-order chi connectivity index (χ0) is 15.3. The van der Waals surface area contributed by atoms with Crippen LogP contribution in [0.25, 0.3) is 0 Å². The molecule has 1 saturated carbocycles. The number of rotatable bonds is 9. The van der Waals surface area contributed by atoms with E-state index in [1.165, 1.54) is 50.0 Å². The molecule has 3 nitrogen and oxygen atoms in total. The average molecular weight is 460 g/mol. The van der Waals surface area contributed by atoms with Crippen LogP contribution in [0.1, 0.15) is 52.4 Å². The van der Waals surface area contributed by atoms with Crippen LogP contribution in [0.4, 0.5) is 0 Å². The van der Waals surface area contributed by atoms with Crippen molar-refractivity contribution in [3.8, 4) is 0 Å². The Kier molecular flexibility index (Phi) is 15.7. The number of halogens is 1. The second-order valence-electron chi connectivity index (χ2n) is 5.55. The Hall–Kier alpha value is 0.700. The average Bonchev–Trinajstić information content (AvgIpc) is 2.48. The van der Waals surface area contributed by atoms with Crippen molar-refractivity contribution in [1.29, 1.82) is 0 Å². The topological polar surface area (TPSA) is 36.4 Å². The highest BCUT2D eigenvalue weighted by Gasteiger charge is 2.22. The van der Waals surface area contributed by atoms with Gasteiger partial charge in [-0.05, 0) is 56.8 Å². The molecule has 2 atom stereocenters. The van der Waals surface area contributed by atoms with Gasteiger partial charge in [-0.2, -0.15) is 23.5 Å². The van der Waals surface area contributed by atoms with Crippen LogP contribution in [0.5, 0.6) is 0 Å².